The van der Waals surface area contributed by atoms with E-state index in [0.29, 0.717) is 5.41 Å². The lowest BCUT2D eigenvalue weighted by molar-refractivity contribution is -0.0918. The molecular formula is C18H30. The molecule has 0 aromatic heterocycles. The molecular weight excluding hydrogens is 216 g/mol. The van der Waals surface area contributed by atoms with E-state index in [-0.39, 0.29) is 0 Å². The van der Waals surface area contributed by atoms with Gasteiger partial charge in [-0.25, -0.2) is 0 Å². The van der Waals surface area contributed by atoms with Crippen molar-refractivity contribution in [2.24, 2.45) is 40.4 Å². The molecule has 0 amide bonds. The second-order valence-electron chi connectivity index (χ2n) is 8.58. The zero-order valence-corrected chi connectivity index (χ0v) is 12.5. The van der Waals surface area contributed by atoms with Crippen molar-refractivity contribution in [3.05, 3.63) is 0 Å². The quantitative estimate of drug-likeness (QED) is 0.591. The molecule has 7 unspecified atom stereocenters. The van der Waals surface area contributed by atoms with Gasteiger partial charge in [-0.2, -0.15) is 0 Å². The Hall–Kier alpha value is 0. The zero-order chi connectivity index (χ0) is 12.5. The van der Waals surface area contributed by atoms with Crippen LogP contribution in [0.4, 0.5) is 0 Å². The molecule has 0 heterocycles. The first kappa shape index (κ1) is 11.8. The fourth-order valence-electron chi connectivity index (χ4n) is 7.39. The molecule has 4 aliphatic carbocycles. The average Bonchev–Trinajstić information content (AvgIpc) is 3.03. The highest BCUT2D eigenvalue weighted by Crippen LogP contribution is 2.74. The van der Waals surface area contributed by atoms with Crippen LogP contribution in [-0.4, -0.2) is 0 Å². The molecule has 18 heavy (non-hydrogen) atoms. The average molecular weight is 246 g/mol. The minimum atomic E-state index is 0.699. The van der Waals surface area contributed by atoms with Crippen LogP contribution in [0.3, 0.4) is 0 Å². The fourth-order valence-corrected chi connectivity index (χ4v) is 7.39. The number of hydrogen-bond acceptors (Lipinski definition) is 0. The van der Waals surface area contributed by atoms with E-state index in [0.717, 1.165) is 35.0 Å². The zero-order valence-electron chi connectivity index (χ0n) is 12.5. The van der Waals surface area contributed by atoms with Crippen molar-refractivity contribution < 1.29 is 0 Å². The second-order valence-corrected chi connectivity index (χ2v) is 8.58. The molecule has 4 fully saturated rings. The second kappa shape index (κ2) is 3.55. The Morgan fingerprint density at radius 1 is 0.944 bits per heavy atom. The molecule has 4 aliphatic rings. The number of rotatable bonds is 1. The smallest absolute Gasteiger partial charge is 0.0210 e. The topological polar surface area (TPSA) is 0 Å². The van der Waals surface area contributed by atoms with E-state index < -0.39 is 0 Å². The van der Waals surface area contributed by atoms with Gasteiger partial charge in [0.05, 0.1) is 0 Å². The van der Waals surface area contributed by atoms with Crippen LogP contribution < -0.4 is 0 Å². The maximum atomic E-state index is 2.73. The summed E-state index contributed by atoms with van der Waals surface area (Å²) in [5, 5.41) is 0. The minimum absolute atomic E-state index is 0.699. The Bertz CT molecular complexity index is 355. The molecule has 0 aromatic carbocycles. The molecule has 0 heteroatoms. The summed E-state index contributed by atoms with van der Waals surface area (Å²) in [6.45, 7) is 7.95. The first-order valence-electron chi connectivity index (χ1n) is 8.58. The van der Waals surface area contributed by atoms with Gasteiger partial charge in [0, 0.05) is 0 Å². The maximum absolute atomic E-state index is 2.73. The lowest BCUT2D eigenvalue weighted by Crippen LogP contribution is -2.51. The van der Waals surface area contributed by atoms with E-state index >= 15 is 0 Å². The summed E-state index contributed by atoms with van der Waals surface area (Å²) in [4.78, 5) is 0. The van der Waals surface area contributed by atoms with Gasteiger partial charge >= 0.3 is 0 Å². The van der Waals surface area contributed by atoms with Crippen molar-refractivity contribution in [1.82, 2.24) is 0 Å². The van der Waals surface area contributed by atoms with Crippen molar-refractivity contribution in [3.63, 3.8) is 0 Å². The van der Waals surface area contributed by atoms with E-state index in [2.05, 4.69) is 20.8 Å². The largest absolute Gasteiger partial charge is 0.0620 e. The van der Waals surface area contributed by atoms with E-state index in [1.165, 1.54) is 6.42 Å². The third kappa shape index (κ3) is 1.15. The molecule has 0 spiro atoms. The first-order chi connectivity index (χ1) is 8.58. The van der Waals surface area contributed by atoms with Gasteiger partial charge in [0.15, 0.2) is 0 Å². The van der Waals surface area contributed by atoms with Crippen LogP contribution in [-0.2, 0) is 0 Å². The Kier molecular flexibility index (Phi) is 2.33. The van der Waals surface area contributed by atoms with E-state index in [1.54, 1.807) is 44.9 Å². The van der Waals surface area contributed by atoms with E-state index in [4.69, 9.17) is 0 Å². The third-order valence-electron chi connectivity index (χ3n) is 8.65. The predicted octanol–water partition coefficient (Wildman–Crippen LogP) is 5.28. The Balaban J connectivity index is 1.77. The predicted molar refractivity (Wildman–Crippen MR) is 76.3 cm³/mol. The van der Waals surface area contributed by atoms with E-state index in [1.807, 2.05) is 0 Å². The van der Waals surface area contributed by atoms with Crippen LogP contribution in [0.25, 0.3) is 0 Å². The van der Waals surface area contributed by atoms with Gasteiger partial charge in [0.25, 0.3) is 0 Å². The summed E-state index contributed by atoms with van der Waals surface area (Å²) >= 11 is 0. The lowest BCUT2D eigenvalue weighted by atomic mass is 9.47. The van der Waals surface area contributed by atoms with Gasteiger partial charge in [-0.1, -0.05) is 27.2 Å². The monoisotopic (exact) mass is 246 g/mol. The van der Waals surface area contributed by atoms with Crippen molar-refractivity contribution >= 4 is 0 Å². The Morgan fingerprint density at radius 3 is 2.50 bits per heavy atom. The van der Waals surface area contributed by atoms with Crippen molar-refractivity contribution in [2.45, 2.75) is 72.1 Å². The minimum Gasteiger partial charge on any atom is -0.0620 e. The van der Waals surface area contributed by atoms with Crippen LogP contribution in [0.5, 0.6) is 0 Å². The molecule has 4 bridgehead atoms. The molecule has 4 saturated carbocycles. The Morgan fingerprint density at radius 2 is 1.78 bits per heavy atom. The highest BCUT2D eigenvalue weighted by atomic mass is 14.7. The lowest BCUT2D eigenvalue weighted by Gasteiger charge is -2.57. The maximum Gasteiger partial charge on any atom is -0.0210 e. The fraction of sp³-hybridized carbons (Fsp3) is 1.00. The van der Waals surface area contributed by atoms with Crippen LogP contribution in [0.2, 0.25) is 0 Å². The third-order valence-corrected chi connectivity index (χ3v) is 8.65. The first-order valence-corrected chi connectivity index (χ1v) is 8.58. The molecule has 0 radical (unpaired) electrons. The molecule has 0 aromatic rings. The number of hydrogen-bond donors (Lipinski definition) is 0. The molecule has 0 nitrogen and oxygen atoms in total. The molecule has 0 saturated heterocycles. The van der Waals surface area contributed by atoms with E-state index in [9.17, 15) is 0 Å². The molecule has 102 valence electrons. The summed E-state index contributed by atoms with van der Waals surface area (Å²) in [6.07, 6.45) is 12.5. The van der Waals surface area contributed by atoms with Gasteiger partial charge in [0.1, 0.15) is 0 Å². The van der Waals surface area contributed by atoms with Gasteiger partial charge in [-0.15, -0.1) is 0 Å². The normalized spacial score (nSPS) is 62.5. The van der Waals surface area contributed by atoms with Gasteiger partial charge in [-0.05, 0) is 85.4 Å². The van der Waals surface area contributed by atoms with Gasteiger partial charge < -0.3 is 0 Å². The summed E-state index contributed by atoms with van der Waals surface area (Å²) in [5.74, 6) is 5.28. The van der Waals surface area contributed by atoms with Crippen LogP contribution in [0.15, 0.2) is 0 Å². The molecule has 0 aliphatic heterocycles. The van der Waals surface area contributed by atoms with Crippen LogP contribution >= 0.6 is 0 Å². The van der Waals surface area contributed by atoms with Crippen molar-refractivity contribution in [2.75, 3.05) is 0 Å². The Labute approximate surface area is 113 Å². The number of fused-ring (bicyclic) bond motifs is 4. The summed E-state index contributed by atoms with van der Waals surface area (Å²) < 4.78 is 0. The molecule has 0 N–H and O–H groups in total. The molecule has 7 atom stereocenters. The highest BCUT2D eigenvalue weighted by molar-refractivity contribution is 5.14. The highest BCUT2D eigenvalue weighted by Gasteiger charge is 2.66. The summed E-state index contributed by atoms with van der Waals surface area (Å²) in [7, 11) is 0. The van der Waals surface area contributed by atoms with Crippen LogP contribution in [0, 0.1) is 40.4 Å². The summed E-state index contributed by atoms with van der Waals surface area (Å²) in [6, 6.07) is 0. The standard InChI is InChI=1S/C18H30/c1-12-4-5-14-8-9-18(12,11-14)17(3)13(2)15-6-7-16(17)10-15/h12-16H,4-11H2,1-3H3. The van der Waals surface area contributed by atoms with Gasteiger partial charge in [-0.3, -0.25) is 0 Å². The van der Waals surface area contributed by atoms with Crippen molar-refractivity contribution in [1.29, 1.82) is 0 Å². The van der Waals surface area contributed by atoms with Crippen molar-refractivity contribution in [3.8, 4) is 0 Å². The van der Waals surface area contributed by atoms with Crippen LogP contribution in [0.1, 0.15) is 72.1 Å². The SMILES string of the molecule is CC1CCC2CCC1(C1(C)C3CCC(C3)C1C)C2. The van der Waals surface area contributed by atoms with Gasteiger partial charge in [0.2, 0.25) is 0 Å². The summed E-state index contributed by atoms with van der Waals surface area (Å²) in [5.41, 5.74) is 1.44. The molecule has 4 rings (SSSR count).